The van der Waals surface area contributed by atoms with Crippen LogP contribution in [0.15, 0.2) is 18.2 Å². The van der Waals surface area contributed by atoms with E-state index in [-0.39, 0.29) is 18.1 Å². The van der Waals surface area contributed by atoms with Crippen molar-refractivity contribution in [2.45, 2.75) is 39.3 Å². The van der Waals surface area contributed by atoms with Gasteiger partial charge in [-0.15, -0.1) is 0 Å². The van der Waals surface area contributed by atoms with Gasteiger partial charge in [0, 0.05) is 23.9 Å². The van der Waals surface area contributed by atoms with Gasteiger partial charge in [-0.1, -0.05) is 24.6 Å². The Morgan fingerprint density at radius 1 is 1.35 bits per heavy atom. The Balaban J connectivity index is 1.94. The SMILES string of the molecule is CCS(=O)(=O)CCOc1ccc(C)cc1CNC1CC1. The number of nitrogens with one attached hydrogen (secondary N) is 1. The van der Waals surface area contributed by atoms with E-state index in [9.17, 15) is 8.42 Å². The second-order valence-electron chi connectivity index (χ2n) is 5.35. The van der Waals surface area contributed by atoms with Crippen molar-refractivity contribution < 1.29 is 13.2 Å². The highest BCUT2D eigenvalue weighted by Gasteiger charge is 2.20. The molecule has 1 saturated carbocycles. The molecule has 112 valence electrons. The molecule has 1 fully saturated rings. The topological polar surface area (TPSA) is 55.4 Å². The third-order valence-corrected chi connectivity index (χ3v) is 5.13. The van der Waals surface area contributed by atoms with E-state index in [0.29, 0.717) is 6.04 Å². The zero-order chi connectivity index (χ0) is 14.6. The van der Waals surface area contributed by atoms with E-state index in [4.69, 9.17) is 4.74 Å². The summed E-state index contributed by atoms with van der Waals surface area (Å²) in [5.41, 5.74) is 2.29. The summed E-state index contributed by atoms with van der Waals surface area (Å²) in [5, 5.41) is 3.46. The number of ether oxygens (including phenoxy) is 1. The molecule has 2 rings (SSSR count). The molecule has 0 unspecified atom stereocenters. The molecule has 0 aliphatic heterocycles. The summed E-state index contributed by atoms with van der Waals surface area (Å²) in [7, 11) is -2.97. The van der Waals surface area contributed by atoms with Crippen molar-refractivity contribution >= 4 is 9.84 Å². The van der Waals surface area contributed by atoms with Crippen molar-refractivity contribution in [1.82, 2.24) is 5.32 Å². The predicted molar refractivity (Wildman–Crippen MR) is 80.9 cm³/mol. The van der Waals surface area contributed by atoms with Crippen molar-refractivity contribution in [3.63, 3.8) is 0 Å². The zero-order valence-corrected chi connectivity index (χ0v) is 13.0. The van der Waals surface area contributed by atoms with Gasteiger partial charge in [-0.05, 0) is 25.8 Å². The lowest BCUT2D eigenvalue weighted by atomic mass is 10.1. The molecule has 0 radical (unpaired) electrons. The van der Waals surface area contributed by atoms with Crippen molar-refractivity contribution in [3.05, 3.63) is 29.3 Å². The van der Waals surface area contributed by atoms with Crippen molar-refractivity contribution in [3.8, 4) is 5.75 Å². The van der Waals surface area contributed by atoms with Gasteiger partial charge in [-0.25, -0.2) is 8.42 Å². The van der Waals surface area contributed by atoms with Crippen molar-refractivity contribution in [2.24, 2.45) is 0 Å². The van der Waals surface area contributed by atoms with Gasteiger partial charge in [-0.2, -0.15) is 0 Å². The molecule has 1 aliphatic rings. The molecule has 0 bridgehead atoms. The zero-order valence-electron chi connectivity index (χ0n) is 12.2. The minimum atomic E-state index is -2.97. The van der Waals surface area contributed by atoms with Crippen LogP contribution in [0, 0.1) is 6.92 Å². The lowest BCUT2D eigenvalue weighted by molar-refractivity contribution is 0.336. The number of aryl methyl sites for hydroxylation is 1. The highest BCUT2D eigenvalue weighted by Crippen LogP contribution is 2.23. The Bertz CT molecular complexity index is 550. The fourth-order valence-electron chi connectivity index (χ4n) is 1.95. The number of benzene rings is 1. The second kappa shape index (κ2) is 6.59. The summed E-state index contributed by atoms with van der Waals surface area (Å²) < 4.78 is 28.6. The van der Waals surface area contributed by atoms with E-state index in [1.54, 1.807) is 6.92 Å². The van der Waals surface area contributed by atoms with Crippen LogP contribution in [-0.4, -0.2) is 32.6 Å². The van der Waals surface area contributed by atoms with E-state index in [2.05, 4.69) is 11.4 Å². The average molecular weight is 297 g/mol. The van der Waals surface area contributed by atoms with Crippen LogP contribution < -0.4 is 10.1 Å². The third kappa shape index (κ3) is 4.80. The van der Waals surface area contributed by atoms with Crippen LogP contribution in [-0.2, 0) is 16.4 Å². The molecule has 1 aliphatic carbocycles. The summed E-state index contributed by atoms with van der Waals surface area (Å²) in [6.45, 7) is 4.70. The van der Waals surface area contributed by atoms with Gasteiger partial charge in [-0.3, -0.25) is 0 Å². The molecule has 5 heteroatoms. The average Bonchev–Trinajstić information content (AvgIpc) is 3.22. The number of rotatable bonds is 8. The van der Waals surface area contributed by atoms with Crippen molar-refractivity contribution in [2.75, 3.05) is 18.1 Å². The number of hydrogen-bond acceptors (Lipinski definition) is 4. The number of sulfone groups is 1. The van der Waals surface area contributed by atoms with Crippen LogP contribution in [0.1, 0.15) is 30.9 Å². The molecular formula is C15H23NO3S. The molecule has 0 atom stereocenters. The van der Waals surface area contributed by atoms with Crippen LogP contribution >= 0.6 is 0 Å². The monoisotopic (exact) mass is 297 g/mol. The molecule has 0 heterocycles. The molecule has 1 aromatic carbocycles. The molecule has 1 aromatic rings. The van der Waals surface area contributed by atoms with Crippen LogP contribution in [0.4, 0.5) is 0 Å². The molecule has 1 N–H and O–H groups in total. The van der Waals surface area contributed by atoms with Gasteiger partial charge < -0.3 is 10.1 Å². The molecule has 0 spiro atoms. The summed E-state index contributed by atoms with van der Waals surface area (Å²) in [6, 6.07) is 6.66. The van der Waals surface area contributed by atoms with E-state index in [1.165, 1.54) is 18.4 Å². The fourth-order valence-corrected chi connectivity index (χ4v) is 2.58. The standard InChI is InChI=1S/C15H23NO3S/c1-3-20(17,18)9-8-19-15-7-4-12(2)10-13(15)11-16-14-5-6-14/h4,7,10,14,16H,3,5-6,8-9,11H2,1-2H3. The summed E-state index contributed by atoms with van der Waals surface area (Å²) in [5.74, 6) is 1.03. The molecule has 0 saturated heterocycles. The summed E-state index contributed by atoms with van der Waals surface area (Å²) in [4.78, 5) is 0. The van der Waals surface area contributed by atoms with Gasteiger partial charge in [0.05, 0.1) is 5.75 Å². The van der Waals surface area contributed by atoms with E-state index in [1.807, 2.05) is 19.1 Å². The van der Waals surface area contributed by atoms with Crippen LogP contribution in [0.2, 0.25) is 0 Å². The van der Waals surface area contributed by atoms with Gasteiger partial charge in [0.1, 0.15) is 12.4 Å². The van der Waals surface area contributed by atoms with E-state index in [0.717, 1.165) is 17.9 Å². The summed E-state index contributed by atoms with van der Waals surface area (Å²) in [6.07, 6.45) is 2.49. The Morgan fingerprint density at radius 2 is 2.10 bits per heavy atom. The van der Waals surface area contributed by atoms with Crippen molar-refractivity contribution in [1.29, 1.82) is 0 Å². The minimum absolute atomic E-state index is 0.0763. The molecule has 20 heavy (non-hydrogen) atoms. The van der Waals surface area contributed by atoms with E-state index < -0.39 is 9.84 Å². The quantitative estimate of drug-likeness (QED) is 0.798. The van der Waals surface area contributed by atoms with Gasteiger partial charge in [0.2, 0.25) is 0 Å². The van der Waals surface area contributed by atoms with Gasteiger partial charge in [0.25, 0.3) is 0 Å². The first-order chi connectivity index (χ1) is 9.50. The van der Waals surface area contributed by atoms with Crippen LogP contribution in [0.25, 0.3) is 0 Å². The Morgan fingerprint density at radius 3 is 2.75 bits per heavy atom. The van der Waals surface area contributed by atoms with Gasteiger partial charge >= 0.3 is 0 Å². The second-order valence-corrected chi connectivity index (χ2v) is 7.82. The first-order valence-electron chi connectivity index (χ1n) is 7.16. The lowest BCUT2D eigenvalue weighted by Gasteiger charge is -2.13. The maximum absolute atomic E-state index is 11.5. The van der Waals surface area contributed by atoms with Crippen LogP contribution in [0.5, 0.6) is 5.75 Å². The predicted octanol–water partition coefficient (Wildman–Crippen LogP) is 2.06. The Hall–Kier alpha value is -1.07. The van der Waals surface area contributed by atoms with E-state index >= 15 is 0 Å². The highest BCUT2D eigenvalue weighted by molar-refractivity contribution is 7.91. The minimum Gasteiger partial charge on any atom is -0.492 e. The number of hydrogen-bond donors (Lipinski definition) is 1. The lowest BCUT2D eigenvalue weighted by Crippen LogP contribution is -2.18. The molecule has 0 amide bonds. The largest absolute Gasteiger partial charge is 0.492 e. The molecular weight excluding hydrogens is 274 g/mol. The molecule has 4 nitrogen and oxygen atoms in total. The fraction of sp³-hybridized carbons (Fsp3) is 0.600. The van der Waals surface area contributed by atoms with Crippen LogP contribution in [0.3, 0.4) is 0 Å². The Labute approximate surface area is 121 Å². The smallest absolute Gasteiger partial charge is 0.153 e. The van der Waals surface area contributed by atoms with Gasteiger partial charge in [0.15, 0.2) is 9.84 Å². The third-order valence-electron chi connectivity index (χ3n) is 3.47. The normalized spacial score (nSPS) is 15.3. The maximum atomic E-state index is 11.5. The summed E-state index contributed by atoms with van der Waals surface area (Å²) >= 11 is 0. The maximum Gasteiger partial charge on any atom is 0.153 e. The molecule has 0 aromatic heterocycles. The first kappa shape index (κ1) is 15.3. The Kier molecular flexibility index (Phi) is 5.05. The first-order valence-corrected chi connectivity index (χ1v) is 8.98. The highest BCUT2D eigenvalue weighted by atomic mass is 32.2.